The molecular weight excluding hydrogens is 186 g/mol. The summed E-state index contributed by atoms with van der Waals surface area (Å²) in [6.45, 7) is 1.46. The molecule has 1 N–H and O–H groups in total. The molecule has 0 spiro atoms. The highest BCUT2D eigenvalue weighted by Crippen LogP contribution is 2.27. The zero-order chi connectivity index (χ0) is 10.7. The van der Waals surface area contributed by atoms with Crippen molar-refractivity contribution in [3.8, 4) is 0 Å². The lowest BCUT2D eigenvalue weighted by molar-refractivity contribution is 0.288. The van der Waals surface area contributed by atoms with Crippen LogP contribution >= 0.6 is 0 Å². The fraction of sp³-hybridized carbons (Fsp3) is 0.538. The molecule has 1 aromatic rings. The summed E-state index contributed by atoms with van der Waals surface area (Å²) in [5.74, 6) is 0. The lowest BCUT2D eigenvalue weighted by Gasteiger charge is -2.27. The van der Waals surface area contributed by atoms with Gasteiger partial charge in [-0.05, 0) is 42.9 Å². The predicted molar refractivity (Wildman–Crippen MR) is 63.4 cm³/mol. The molecule has 0 fully saturated rings. The standard InChI is InChI=1S/C13H19NO/c1-14-8-2-5-12-10-11(4-3-9-15)6-7-13(12)14/h6-7,10,15H,2-5,8-9H2,1H3. The van der Waals surface area contributed by atoms with E-state index in [2.05, 4.69) is 30.1 Å². The Morgan fingerprint density at radius 2 is 2.27 bits per heavy atom. The van der Waals surface area contributed by atoms with Crippen LogP contribution in [0.2, 0.25) is 0 Å². The first kappa shape index (κ1) is 10.5. The Hall–Kier alpha value is -1.02. The second kappa shape index (κ2) is 4.67. The van der Waals surface area contributed by atoms with Crippen LogP contribution in [-0.4, -0.2) is 25.3 Å². The van der Waals surface area contributed by atoms with E-state index in [1.165, 1.54) is 36.2 Å². The molecule has 0 aliphatic carbocycles. The maximum Gasteiger partial charge on any atom is 0.0434 e. The number of hydrogen-bond donors (Lipinski definition) is 1. The van der Waals surface area contributed by atoms with Crippen LogP contribution in [-0.2, 0) is 12.8 Å². The molecule has 1 aromatic carbocycles. The molecule has 1 aliphatic heterocycles. The van der Waals surface area contributed by atoms with Crippen LogP contribution in [0, 0.1) is 0 Å². The Morgan fingerprint density at radius 3 is 3.07 bits per heavy atom. The molecule has 2 nitrogen and oxygen atoms in total. The number of rotatable bonds is 3. The van der Waals surface area contributed by atoms with Crippen LogP contribution in [0.25, 0.3) is 0 Å². The normalized spacial score (nSPS) is 15.2. The van der Waals surface area contributed by atoms with Crippen molar-refractivity contribution in [3.05, 3.63) is 29.3 Å². The number of fused-ring (bicyclic) bond motifs is 1. The summed E-state index contributed by atoms with van der Waals surface area (Å²) >= 11 is 0. The quantitative estimate of drug-likeness (QED) is 0.815. The molecular formula is C13H19NO. The van der Waals surface area contributed by atoms with Crippen molar-refractivity contribution in [1.29, 1.82) is 0 Å². The molecule has 0 atom stereocenters. The zero-order valence-electron chi connectivity index (χ0n) is 9.37. The molecule has 15 heavy (non-hydrogen) atoms. The third-order valence-electron chi connectivity index (χ3n) is 3.12. The molecule has 0 saturated heterocycles. The molecule has 1 aliphatic rings. The summed E-state index contributed by atoms with van der Waals surface area (Å²) in [5, 5.41) is 8.80. The highest BCUT2D eigenvalue weighted by atomic mass is 16.2. The van der Waals surface area contributed by atoms with Crippen LogP contribution in [0.3, 0.4) is 0 Å². The molecule has 0 aromatic heterocycles. The first-order valence-electron chi connectivity index (χ1n) is 5.75. The van der Waals surface area contributed by atoms with Crippen molar-refractivity contribution in [2.75, 3.05) is 25.1 Å². The van der Waals surface area contributed by atoms with E-state index in [-0.39, 0.29) is 6.61 Å². The maximum atomic E-state index is 8.80. The Balaban J connectivity index is 2.18. The molecule has 0 unspecified atom stereocenters. The predicted octanol–water partition coefficient (Wildman–Crippen LogP) is 1.99. The molecule has 82 valence electrons. The monoisotopic (exact) mass is 205 g/mol. The van der Waals surface area contributed by atoms with E-state index in [9.17, 15) is 0 Å². The van der Waals surface area contributed by atoms with Gasteiger partial charge in [0, 0.05) is 25.9 Å². The van der Waals surface area contributed by atoms with Crippen LogP contribution < -0.4 is 4.90 Å². The van der Waals surface area contributed by atoms with Crippen molar-refractivity contribution in [2.45, 2.75) is 25.7 Å². The Labute approximate surface area is 91.5 Å². The average molecular weight is 205 g/mol. The number of aliphatic hydroxyl groups excluding tert-OH is 1. The van der Waals surface area contributed by atoms with Crippen molar-refractivity contribution in [3.63, 3.8) is 0 Å². The molecule has 2 rings (SSSR count). The number of aryl methyl sites for hydroxylation is 2. The summed E-state index contributed by atoms with van der Waals surface area (Å²) in [5.41, 5.74) is 4.21. The van der Waals surface area contributed by atoms with Crippen LogP contribution in [0.1, 0.15) is 24.0 Å². The van der Waals surface area contributed by atoms with Gasteiger partial charge in [-0.3, -0.25) is 0 Å². The topological polar surface area (TPSA) is 23.5 Å². The molecule has 2 heteroatoms. The second-order valence-electron chi connectivity index (χ2n) is 4.32. The molecule has 0 radical (unpaired) electrons. The van der Waals surface area contributed by atoms with E-state index in [4.69, 9.17) is 5.11 Å². The summed E-state index contributed by atoms with van der Waals surface area (Å²) in [6, 6.07) is 6.72. The van der Waals surface area contributed by atoms with E-state index in [1.807, 2.05) is 0 Å². The number of aliphatic hydroxyl groups is 1. The molecule has 1 heterocycles. The van der Waals surface area contributed by atoms with Crippen LogP contribution in [0.5, 0.6) is 0 Å². The van der Waals surface area contributed by atoms with Gasteiger partial charge < -0.3 is 10.0 Å². The van der Waals surface area contributed by atoms with Gasteiger partial charge in [0.1, 0.15) is 0 Å². The fourth-order valence-corrected chi connectivity index (χ4v) is 2.28. The van der Waals surface area contributed by atoms with Crippen molar-refractivity contribution < 1.29 is 5.11 Å². The van der Waals surface area contributed by atoms with Gasteiger partial charge in [-0.25, -0.2) is 0 Å². The van der Waals surface area contributed by atoms with E-state index in [0.717, 1.165) is 12.8 Å². The van der Waals surface area contributed by atoms with Gasteiger partial charge >= 0.3 is 0 Å². The SMILES string of the molecule is CN1CCCc2cc(CCCO)ccc21. The molecule has 0 amide bonds. The lowest BCUT2D eigenvalue weighted by atomic mass is 9.98. The van der Waals surface area contributed by atoms with Crippen LogP contribution in [0.15, 0.2) is 18.2 Å². The number of anilines is 1. The minimum absolute atomic E-state index is 0.289. The third-order valence-corrected chi connectivity index (χ3v) is 3.12. The number of benzene rings is 1. The van der Waals surface area contributed by atoms with E-state index in [1.54, 1.807) is 0 Å². The van der Waals surface area contributed by atoms with E-state index < -0.39 is 0 Å². The smallest absolute Gasteiger partial charge is 0.0434 e. The van der Waals surface area contributed by atoms with Gasteiger partial charge in [0.2, 0.25) is 0 Å². The Bertz CT molecular complexity index is 335. The highest BCUT2D eigenvalue weighted by molar-refractivity contribution is 5.56. The Kier molecular flexibility index (Phi) is 3.27. The summed E-state index contributed by atoms with van der Waals surface area (Å²) < 4.78 is 0. The third kappa shape index (κ3) is 2.32. The van der Waals surface area contributed by atoms with E-state index in [0.29, 0.717) is 0 Å². The lowest BCUT2D eigenvalue weighted by Crippen LogP contribution is -2.24. The van der Waals surface area contributed by atoms with Gasteiger partial charge in [0.25, 0.3) is 0 Å². The van der Waals surface area contributed by atoms with Gasteiger partial charge in [-0.2, -0.15) is 0 Å². The van der Waals surface area contributed by atoms with Gasteiger partial charge in [0.15, 0.2) is 0 Å². The zero-order valence-corrected chi connectivity index (χ0v) is 9.37. The van der Waals surface area contributed by atoms with Crippen LogP contribution in [0.4, 0.5) is 5.69 Å². The highest BCUT2D eigenvalue weighted by Gasteiger charge is 2.13. The first-order chi connectivity index (χ1) is 7.31. The van der Waals surface area contributed by atoms with Crippen molar-refractivity contribution in [2.24, 2.45) is 0 Å². The fourth-order valence-electron chi connectivity index (χ4n) is 2.28. The second-order valence-corrected chi connectivity index (χ2v) is 4.32. The van der Waals surface area contributed by atoms with Crippen molar-refractivity contribution in [1.82, 2.24) is 0 Å². The van der Waals surface area contributed by atoms with Crippen molar-refractivity contribution >= 4 is 5.69 Å². The minimum Gasteiger partial charge on any atom is -0.396 e. The van der Waals surface area contributed by atoms with Gasteiger partial charge in [0.05, 0.1) is 0 Å². The largest absolute Gasteiger partial charge is 0.396 e. The first-order valence-corrected chi connectivity index (χ1v) is 5.75. The maximum absolute atomic E-state index is 8.80. The molecule has 0 bridgehead atoms. The average Bonchev–Trinajstić information content (AvgIpc) is 2.26. The minimum atomic E-state index is 0.289. The van der Waals surface area contributed by atoms with Gasteiger partial charge in [-0.15, -0.1) is 0 Å². The van der Waals surface area contributed by atoms with E-state index >= 15 is 0 Å². The summed E-state index contributed by atoms with van der Waals surface area (Å²) in [4.78, 5) is 2.33. The summed E-state index contributed by atoms with van der Waals surface area (Å²) in [6.07, 6.45) is 4.32. The molecule has 0 saturated carbocycles. The van der Waals surface area contributed by atoms with Gasteiger partial charge in [-0.1, -0.05) is 12.1 Å². The number of nitrogens with zero attached hydrogens (tertiary/aromatic N) is 1. The number of hydrogen-bond acceptors (Lipinski definition) is 2. The Morgan fingerprint density at radius 1 is 1.40 bits per heavy atom. The summed E-state index contributed by atoms with van der Waals surface area (Å²) in [7, 11) is 2.16.